The highest BCUT2D eigenvalue weighted by molar-refractivity contribution is 5.95. The van der Waals surface area contributed by atoms with E-state index in [1.165, 1.54) is 17.0 Å². The second-order valence-corrected chi connectivity index (χ2v) is 6.16. The Kier molecular flexibility index (Phi) is 5.66. The van der Waals surface area contributed by atoms with E-state index >= 15 is 0 Å². The van der Waals surface area contributed by atoms with E-state index in [1.807, 2.05) is 30.1 Å². The lowest BCUT2D eigenvalue weighted by atomic mass is 10.1. The maximum atomic E-state index is 12.0. The number of hydrogen-bond donors (Lipinski definition) is 2. The summed E-state index contributed by atoms with van der Waals surface area (Å²) in [5.41, 5.74) is 1.11. The minimum atomic E-state index is -0.537. The zero-order chi connectivity index (χ0) is 18.4. The molecule has 0 atom stereocenters. The zero-order valence-electron chi connectivity index (χ0n) is 14.6. The fourth-order valence-electron chi connectivity index (χ4n) is 2.74. The summed E-state index contributed by atoms with van der Waals surface area (Å²) in [5, 5.41) is 7.24. The Balaban J connectivity index is 1.46. The largest absolute Gasteiger partial charge is 0.467 e. The van der Waals surface area contributed by atoms with E-state index in [1.54, 1.807) is 12.1 Å². The maximum Gasteiger partial charge on any atom is 0.321 e. The molecule has 6 heteroatoms. The van der Waals surface area contributed by atoms with E-state index in [0.717, 1.165) is 5.56 Å². The number of nitrogens with zero attached hydrogens (tertiary/aromatic N) is 1. The van der Waals surface area contributed by atoms with Crippen LogP contribution in [-0.4, -0.2) is 30.4 Å². The molecule has 0 fully saturated rings. The van der Waals surface area contributed by atoms with Gasteiger partial charge in [-0.1, -0.05) is 36.4 Å². The van der Waals surface area contributed by atoms with Gasteiger partial charge in [0.1, 0.15) is 5.76 Å². The highest BCUT2D eigenvalue weighted by Crippen LogP contribution is 2.16. The van der Waals surface area contributed by atoms with Gasteiger partial charge >= 0.3 is 6.03 Å². The van der Waals surface area contributed by atoms with Crippen molar-refractivity contribution in [1.82, 2.24) is 15.5 Å². The van der Waals surface area contributed by atoms with Crippen LogP contribution in [0.4, 0.5) is 4.79 Å². The molecule has 3 amide bonds. The monoisotopic (exact) mass is 351 g/mol. The van der Waals surface area contributed by atoms with Crippen molar-refractivity contribution in [3.63, 3.8) is 0 Å². The molecule has 26 heavy (non-hydrogen) atoms. The fraction of sp³-hybridized carbons (Fsp3) is 0.200. The van der Waals surface area contributed by atoms with E-state index in [0.29, 0.717) is 12.3 Å². The molecule has 0 aliphatic heterocycles. The molecule has 0 saturated carbocycles. The van der Waals surface area contributed by atoms with Crippen LogP contribution in [-0.2, 0) is 17.9 Å². The van der Waals surface area contributed by atoms with Crippen molar-refractivity contribution in [2.45, 2.75) is 13.1 Å². The highest BCUT2D eigenvalue weighted by atomic mass is 16.3. The van der Waals surface area contributed by atoms with Crippen molar-refractivity contribution >= 4 is 22.7 Å². The summed E-state index contributed by atoms with van der Waals surface area (Å²) in [5.74, 6) is 0.270. The van der Waals surface area contributed by atoms with Gasteiger partial charge in [-0.3, -0.25) is 15.0 Å². The fourth-order valence-corrected chi connectivity index (χ4v) is 2.74. The average Bonchev–Trinajstić information content (AvgIpc) is 3.13. The molecule has 0 aliphatic rings. The molecule has 3 aromatic rings. The van der Waals surface area contributed by atoms with Crippen molar-refractivity contribution in [1.29, 1.82) is 0 Å². The van der Waals surface area contributed by atoms with Crippen LogP contribution in [0.1, 0.15) is 11.3 Å². The van der Waals surface area contributed by atoms with Gasteiger partial charge in [0.15, 0.2) is 0 Å². The minimum Gasteiger partial charge on any atom is -0.467 e. The number of furan rings is 1. The Morgan fingerprint density at radius 3 is 2.62 bits per heavy atom. The third-order valence-corrected chi connectivity index (χ3v) is 3.94. The SMILES string of the molecule is CN(CC(=O)NC(=O)NCc1ccco1)Cc1ccc2ccccc2c1. The van der Waals surface area contributed by atoms with Crippen LogP contribution in [0, 0.1) is 0 Å². The number of nitrogens with one attached hydrogen (secondary N) is 2. The summed E-state index contributed by atoms with van der Waals surface area (Å²) in [6.07, 6.45) is 1.53. The third kappa shape index (κ3) is 4.94. The van der Waals surface area contributed by atoms with Gasteiger partial charge in [0.2, 0.25) is 5.91 Å². The predicted octanol–water partition coefficient (Wildman–Crippen LogP) is 2.89. The number of benzene rings is 2. The van der Waals surface area contributed by atoms with Crippen LogP contribution in [0.25, 0.3) is 10.8 Å². The Morgan fingerprint density at radius 2 is 1.85 bits per heavy atom. The number of amides is 3. The second-order valence-electron chi connectivity index (χ2n) is 6.16. The third-order valence-electron chi connectivity index (χ3n) is 3.94. The lowest BCUT2D eigenvalue weighted by Gasteiger charge is -2.16. The van der Waals surface area contributed by atoms with Crippen molar-refractivity contribution in [3.05, 3.63) is 72.2 Å². The molecule has 3 rings (SSSR count). The zero-order valence-corrected chi connectivity index (χ0v) is 14.6. The lowest BCUT2D eigenvalue weighted by molar-refractivity contribution is -0.120. The van der Waals surface area contributed by atoms with Gasteiger partial charge in [0.05, 0.1) is 19.4 Å². The van der Waals surface area contributed by atoms with Crippen molar-refractivity contribution < 1.29 is 14.0 Å². The molecule has 0 saturated heterocycles. The molecule has 1 aromatic heterocycles. The Hall–Kier alpha value is -3.12. The highest BCUT2D eigenvalue weighted by Gasteiger charge is 2.11. The predicted molar refractivity (Wildman–Crippen MR) is 99.4 cm³/mol. The van der Waals surface area contributed by atoms with E-state index in [-0.39, 0.29) is 19.0 Å². The number of imide groups is 1. The van der Waals surface area contributed by atoms with Gasteiger partial charge in [0, 0.05) is 6.54 Å². The number of urea groups is 1. The summed E-state index contributed by atoms with van der Waals surface area (Å²) in [6.45, 7) is 0.978. The molecule has 6 nitrogen and oxygen atoms in total. The van der Waals surface area contributed by atoms with Crippen molar-refractivity contribution in [3.8, 4) is 0 Å². The van der Waals surface area contributed by atoms with Crippen LogP contribution >= 0.6 is 0 Å². The van der Waals surface area contributed by atoms with E-state index in [2.05, 4.69) is 34.9 Å². The van der Waals surface area contributed by atoms with Crippen LogP contribution in [0.15, 0.2) is 65.3 Å². The van der Waals surface area contributed by atoms with Crippen LogP contribution in [0.5, 0.6) is 0 Å². The topological polar surface area (TPSA) is 74.6 Å². The molecular formula is C20H21N3O3. The minimum absolute atomic E-state index is 0.126. The average molecular weight is 351 g/mol. The first-order valence-corrected chi connectivity index (χ1v) is 8.36. The summed E-state index contributed by atoms with van der Waals surface area (Å²) >= 11 is 0. The van der Waals surface area contributed by atoms with Crippen LogP contribution < -0.4 is 10.6 Å². The maximum absolute atomic E-state index is 12.0. The first kappa shape index (κ1) is 17.7. The lowest BCUT2D eigenvalue weighted by Crippen LogP contribution is -2.43. The smallest absolute Gasteiger partial charge is 0.321 e. The van der Waals surface area contributed by atoms with Gasteiger partial charge in [0.25, 0.3) is 0 Å². The Morgan fingerprint density at radius 1 is 1.04 bits per heavy atom. The molecule has 0 aliphatic carbocycles. The van der Waals surface area contributed by atoms with Gasteiger partial charge in [-0.2, -0.15) is 0 Å². The number of rotatable bonds is 6. The quantitative estimate of drug-likeness (QED) is 0.716. The normalized spacial score (nSPS) is 10.8. The number of fused-ring (bicyclic) bond motifs is 1. The van der Waals surface area contributed by atoms with Crippen LogP contribution in [0.3, 0.4) is 0 Å². The molecule has 0 bridgehead atoms. The van der Waals surface area contributed by atoms with Gasteiger partial charge < -0.3 is 9.73 Å². The van der Waals surface area contributed by atoms with Crippen LogP contribution in [0.2, 0.25) is 0 Å². The van der Waals surface area contributed by atoms with E-state index in [4.69, 9.17) is 4.42 Å². The molecule has 0 radical (unpaired) electrons. The molecule has 134 valence electrons. The molecule has 0 spiro atoms. The number of carbonyl (C=O) groups is 2. The van der Waals surface area contributed by atoms with Crippen molar-refractivity contribution in [2.75, 3.05) is 13.6 Å². The summed E-state index contributed by atoms with van der Waals surface area (Å²) in [4.78, 5) is 25.6. The molecule has 0 unspecified atom stereocenters. The van der Waals surface area contributed by atoms with Gasteiger partial charge in [-0.05, 0) is 41.6 Å². The first-order valence-electron chi connectivity index (χ1n) is 8.36. The molecular weight excluding hydrogens is 330 g/mol. The standard InChI is InChI=1S/C20H21N3O3/c1-23(13-15-8-9-16-5-2-3-6-17(16)11-15)14-19(24)22-20(25)21-12-18-7-4-10-26-18/h2-11H,12-14H2,1H3,(H2,21,22,24,25). The van der Waals surface area contributed by atoms with Gasteiger partial charge in [-0.15, -0.1) is 0 Å². The van der Waals surface area contributed by atoms with Crippen molar-refractivity contribution in [2.24, 2.45) is 0 Å². The summed E-state index contributed by atoms with van der Waals surface area (Å²) in [6, 6.07) is 17.3. The Bertz CT molecular complexity index is 890. The van der Waals surface area contributed by atoms with E-state index < -0.39 is 6.03 Å². The van der Waals surface area contributed by atoms with E-state index in [9.17, 15) is 9.59 Å². The second kappa shape index (κ2) is 8.31. The molecule has 2 N–H and O–H groups in total. The molecule has 1 heterocycles. The molecule has 2 aromatic carbocycles. The number of carbonyl (C=O) groups excluding carboxylic acids is 2. The summed E-state index contributed by atoms with van der Waals surface area (Å²) in [7, 11) is 1.84. The number of hydrogen-bond acceptors (Lipinski definition) is 4. The Labute approximate surface area is 151 Å². The first-order chi connectivity index (χ1) is 12.6. The van der Waals surface area contributed by atoms with Gasteiger partial charge in [-0.25, -0.2) is 4.79 Å². The number of likely N-dealkylation sites (N-methyl/N-ethyl adjacent to an activating group) is 1. The summed E-state index contributed by atoms with van der Waals surface area (Å²) < 4.78 is 5.11.